The van der Waals surface area contributed by atoms with Gasteiger partial charge in [0.1, 0.15) is 6.10 Å². The Morgan fingerprint density at radius 3 is 1.90 bits per heavy atom. The molecule has 2 heteroatoms. The Morgan fingerprint density at radius 1 is 0.655 bits per heavy atom. The topological polar surface area (TPSA) is 26.3 Å². The third-order valence-electron chi connectivity index (χ3n) is 8.62. The van der Waals surface area contributed by atoms with Crippen molar-refractivity contribution in [1.29, 1.82) is 0 Å². The van der Waals surface area contributed by atoms with Crippen LogP contribution >= 0.6 is 0 Å². The fourth-order valence-electron chi connectivity index (χ4n) is 6.63. The van der Waals surface area contributed by atoms with Crippen molar-refractivity contribution in [2.24, 2.45) is 29.6 Å². The van der Waals surface area contributed by atoms with Gasteiger partial charge in [-0.15, -0.1) is 0 Å². The summed E-state index contributed by atoms with van der Waals surface area (Å²) >= 11 is 0. The summed E-state index contributed by atoms with van der Waals surface area (Å²) in [5.74, 6) is 3.79. The summed E-state index contributed by atoms with van der Waals surface area (Å²) in [6, 6.07) is 0. The molecule has 2 saturated carbocycles. The summed E-state index contributed by atoms with van der Waals surface area (Å²) < 4.78 is 5.97. The number of ether oxygens (including phenoxy) is 1. The normalized spacial score (nSPS) is 36.0. The van der Waals surface area contributed by atoms with E-state index in [0.717, 1.165) is 37.0 Å². The van der Waals surface area contributed by atoms with Gasteiger partial charge in [-0.25, -0.2) is 0 Å². The molecule has 0 bridgehead atoms. The molecule has 2 unspecified atom stereocenters. The number of rotatable bonds is 10. The minimum absolute atomic E-state index is 0.153. The van der Waals surface area contributed by atoms with Gasteiger partial charge in [-0.2, -0.15) is 0 Å². The van der Waals surface area contributed by atoms with E-state index in [-0.39, 0.29) is 18.0 Å². The van der Waals surface area contributed by atoms with Gasteiger partial charge in [0, 0.05) is 0 Å². The van der Waals surface area contributed by atoms with E-state index in [2.05, 4.69) is 13.8 Å². The zero-order valence-electron chi connectivity index (χ0n) is 19.5. The van der Waals surface area contributed by atoms with Crippen LogP contribution in [0.25, 0.3) is 0 Å². The fourth-order valence-corrected chi connectivity index (χ4v) is 6.63. The van der Waals surface area contributed by atoms with Crippen LogP contribution in [0.4, 0.5) is 0 Å². The van der Waals surface area contributed by atoms with Crippen molar-refractivity contribution in [3.05, 3.63) is 0 Å². The molecule has 3 rings (SSSR count). The lowest BCUT2D eigenvalue weighted by Gasteiger charge is -2.37. The number of carbonyl (C=O) groups excluding carboxylic acids is 1. The van der Waals surface area contributed by atoms with E-state index in [1.165, 1.54) is 96.3 Å². The Balaban J connectivity index is 1.30. The first kappa shape index (κ1) is 23.1. The molecule has 0 aromatic carbocycles. The number of unbranched alkanes of at least 4 members (excludes halogenated alkanes) is 2. The van der Waals surface area contributed by atoms with Gasteiger partial charge in [0.2, 0.25) is 0 Å². The molecule has 3 fully saturated rings. The molecule has 0 aromatic rings. The number of esters is 1. The van der Waals surface area contributed by atoms with Crippen LogP contribution in [0.2, 0.25) is 0 Å². The third kappa shape index (κ3) is 7.28. The number of carbonyl (C=O) groups is 1. The van der Waals surface area contributed by atoms with Crippen LogP contribution in [0.3, 0.4) is 0 Å². The first-order chi connectivity index (χ1) is 14.2. The molecule has 2 nitrogen and oxygen atoms in total. The SMILES string of the molecule is CCCCCC1CCC(CCC2CCC(C3CCC(CCC)CC3)C(=O)O2)CC1. The second kappa shape index (κ2) is 12.4. The zero-order chi connectivity index (χ0) is 20.5. The first-order valence-corrected chi connectivity index (χ1v) is 13.4. The lowest BCUT2D eigenvalue weighted by atomic mass is 9.72. The van der Waals surface area contributed by atoms with Gasteiger partial charge in [0.25, 0.3) is 0 Å². The quantitative estimate of drug-likeness (QED) is 0.272. The maximum absolute atomic E-state index is 12.7. The van der Waals surface area contributed by atoms with Gasteiger partial charge in [-0.1, -0.05) is 90.9 Å². The van der Waals surface area contributed by atoms with Crippen molar-refractivity contribution in [3.8, 4) is 0 Å². The highest BCUT2D eigenvalue weighted by Gasteiger charge is 2.37. The zero-order valence-corrected chi connectivity index (χ0v) is 19.5. The molecule has 0 spiro atoms. The molecule has 1 aliphatic heterocycles. The summed E-state index contributed by atoms with van der Waals surface area (Å²) in [7, 11) is 0. The van der Waals surface area contributed by atoms with Gasteiger partial charge < -0.3 is 4.74 Å². The Hall–Kier alpha value is -0.530. The van der Waals surface area contributed by atoms with Gasteiger partial charge in [0.15, 0.2) is 0 Å². The van der Waals surface area contributed by atoms with Crippen LogP contribution in [-0.2, 0) is 9.53 Å². The molecule has 29 heavy (non-hydrogen) atoms. The van der Waals surface area contributed by atoms with Crippen molar-refractivity contribution < 1.29 is 9.53 Å². The van der Waals surface area contributed by atoms with E-state index in [0.29, 0.717) is 5.92 Å². The summed E-state index contributed by atoms with van der Waals surface area (Å²) in [5.41, 5.74) is 0. The van der Waals surface area contributed by atoms with Crippen LogP contribution < -0.4 is 0 Å². The predicted octanol–water partition coefficient (Wildman–Crippen LogP) is 8.08. The largest absolute Gasteiger partial charge is 0.462 e. The molecule has 1 heterocycles. The molecule has 168 valence electrons. The lowest BCUT2D eigenvalue weighted by Crippen LogP contribution is -2.37. The predicted molar refractivity (Wildman–Crippen MR) is 122 cm³/mol. The van der Waals surface area contributed by atoms with Crippen molar-refractivity contribution in [2.45, 2.75) is 136 Å². The van der Waals surface area contributed by atoms with Crippen molar-refractivity contribution in [2.75, 3.05) is 0 Å². The minimum atomic E-state index is 0.153. The molecule has 0 radical (unpaired) electrons. The molecule has 3 aliphatic rings. The van der Waals surface area contributed by atoms with Crippen molar-refractivity contribution >= 4 is 5.97 Å². The smallest absolute Gasteiger partial charge is 0.309 e. The van der Waals surface area contributed by atoms with Crippen LogP contribution in [-0.4, -0.2) is 12.1 Å². The minimum Gasteiger partial charge on any atom is -0.462 e. The van der Waals surface area contributed by atoms with Gasteiger partial charge in [0.05, 0.1) is 5.92 Å². The maximum atomic E-state index is 12.7. The molecule has 1 saturated heterocycles. The summed E-state index contributed by atoms with van der Waals surface area (Å²) in [4.78, 5) is 12.7. The molecule has 0 N–H and O–H groups in total. The highest BCUT2D eigenvalue weighted by Crippen LogP contribution is 2.40. The van der Waals surface area contributed by atoms with Crippen LogP contribution in [0.15, 0.2) is 0 Å². The fraction of sp³-hybridized carbons (Fsp3) is 0.963. The van der Waals surface area contributed by atoms with E-state index in [9.17, 15) is 4.79 Å². The van der Waals surface area contributed by atoms with E-state index in [4.69, 9.17) is 4.74 Å². The van der Waals surface area contributed by atoms with Crippen molar-refractivity contribution in [3.63, 3.8) is 0 Å². The standard InChI is InChI=1S/C27H48O2/c1-3-5-6-8-22-9-11-23(12-10-22)15-18-25-19-20-26(27(28)29-25)24-16-13-21(7-4-2)14-17-24/h21-26H,3-20H2,1-2H3. The second-order valence-corrected chi connectivity index (χ2v) is 10.8. The van der Waals surface area contributed by atoms with E-state index in [1.807, 2.05) is 0 Å². The summed E-state index contributed by atoms with van der Waals surface area (Å²) in [6.45, 7) is 4.60. The molecular formula is C27H48O2. The first-order valence-electron chi connectivity index (χ1n) is 13.4. The molecule has 0 amide bonds. The lowest BCUT2D eigenvalue weighted by molar-refractivity contribution is -0.164. The Bertz CT molecular complexity index is 457. The third-order valence-corrected chi connectivity index (χ3v) is 8.62. The van der Waals surface area contributed by atoms with Crippen LogP contribution in [0.1, 0.15) is 129 Å². The highest BCUT2D eigenvalue weighted by atomic mass is 16.5. The molecule has 0 aromatic heterocycles. The average Bonchev–Trinajstić information content (AvgIpc) is 2.74. The molecular weight excluding hydrogens is 356 g/mol. The molecule has 2 atom stereocenters. The number of hydrogen-bond acceptors (Lipinski definition) is 2. The van der Waals surface area contributed by atoms with Crippen LogP contribution in [0.5, 0.6) is 0 Å². The number of hydrogen-bond donors (Lipinski definition) is 0. The molecule has 2 aliphatic carbocycles. The van der Waals surface area contributed by atoms with Crippen molar-refractivity contribution in [1.82, 2.24) is 0 Å². The monoisotopic (exact) mass is 404 g/mol. The summed E-state index contributed by atoms with van der Waals surface area (Å²) in [5, 5.41) is 0. The maximum Gasteiger partial charge on any atom is 0.309 e. The summed E-state index contributed by atoms with van der Waals surface area (Å²) in [6.07, 6.45) is 24.1. The van der Waals surface area contributed by atoms with Gasteiger partial charge >= 0.3 is 5.97 Å². The van der Waals surface area contributed by atoms with Gasteiger partial charge in [-0.05, 0) is 62.2 Å². The Morgan fingerprint density at radius 2 is 1.28 bits per heavy atom. The second-order valence-electron chi connectivity index (χ2n) is 10.8. The Labute approximate surface area is 180 Å². The number of cyclic esters (lactones) is 1. The average molecular weight is 405 g/mol. The van der Waals surface area contributed by atoms with E-state index < -0.39 is 0 Å². The highest BCUT2D eigenvalue weighted by molar-refractivity contribution is 5.73. The van der Waals surface area contributed by atoms with E-state index in [1.54, 1.807) is 0 Å². The van der Waals surface area contributed by atoms with E-state index >= 15 is 0 Å². The van der Waals surface area contributed by atoms with Gasteiger partial charge in [-0.3, -0.25) is 4.79 Å². The Kier molecular flexibility index (Phi) is 9.86. The van der Waals surface area contributed by atoms with Crippen LogP contribution in [0, 0.1) is 29.6 Å².